The number of hydrogen-bond donors (Lipinski definition) is 1. The Morgan fingerprint density at radius 1 is 1.23 bits per heavy atom. The number of carbonyl (C=O) groups is 1. The lowest BCUT2D eigenvalue weighted by atomic mass is 10.2. The van der Waals surface area contributed by atoms with E-state index in [4.69, 9.17) is 4.74 Å². The molecule has 2 aromatic carbocycles. The number of nitrogens with zero attached hydrogens (tertiary/aromatic N) is 4. The third-order valence-corrected chi connectivity index (χ3v) is 5.13. The van der Waals surface area contributed by atoms with E-state index in [0.717, 1.165) is 11.3 Å². The molecule has 0 saturated heterocycles. The highest BCUT2D eigenvalue weighted by atomic mass is 32.2. The second-order valence-corrected chi connectivity index (χ2v) is 7.33. The van der Waals surface area contributed by atoms with E-state index in [1.54, 1.807) is 0 Å². The van der Waals surface area contributed by atoms with Crippen LogP contribution in [0.3, 0.4) is 0 Å². The molecule has 30 heavy (non-hydrogen) atoms. The van der Waals surface area contributed by atoms with Crippen molar-refractivity contribution in [2.45, 2.75) is 32.2 Å². The van der Waals surface area contributed by atoms with Gasteiger partial charge in [-0.1, -0.05) is 23.9 Å². The molecular weight excluding hydrogens is 406 g/mol. The van der Waals surface area contributed by atoms with E-state index in [-0.39, 0.29) is 24.0 Å². The van der Waals surface area contributed by atoms with Crippen molar-refractivity contribution >= 4 is 29.0 Å². The topological polar surface area (TPSA) is 112 Å². The molecule has 1 aromatic heterocycles. The first-order chi connectivity index (χ1) is 14.5. The Hall–Kier alpha value is -3.40. The van der Waals surface area contributed by atoms with Crippen molar-refractivity contribution in [3.05, 3.63) is 70.0 Å². The van der Waals surface area contributed by atoms with Crippen molar-refractivity contribution < 1.29 is 14.5 Å². The maximum atomic E-state index is 12.2. The van der Waals surface area contributed by atoms with Crippen molar-refractivity contribution in [1.29, 1.82) is 0 Å². The van der Waals surface area contributed by atoms with Gasteiger partial charge < -0.3 is 14.6 Å². The minimum absolute atomic E-state index is 0.0289. The molecule has 0 atom stereocenters. The maximum Gasteiger partial charge on any atom is 0.269 e. The van der Waals surface area contributed by atoms with Gasteiger partial charge in [-0.15, -0.1) is 10.2 Å². The Bertz CT molecular complexity index is 1040. The summed E-state index contributed by atoms with van der Waals surface area (Å²) in [6, 6.07) is 13.4. The number of thioether (sulfide) groups is 1. The second kappa shape index (κ2) is 9.88. The van der Waals surface area contributed by atoms with Crippen LogP contribution in [0.15, 0.2) is 53.7 Å². The summed E-state index contributed by atoms with van der Waals surface area (Å²) >= 11 is 1.27. The van der Waals surface area contributed by atoms with Crippen molar-refractivity contribution in [1.82, 2.24) is 14.8 Å². The van der Waals surface area contributed by atoms with Crippen LogP contribution in [-0.2, 0) is 17.9 Å². The van der Waals surface area contributed by atoms with E-state index in [1.807, 2.05) is 42.7 Å². The first-order valence-corrected chi connectivity index (χ1v) is 10.2. The maximum absolute atomic E-state index is 12.2. The van der Waals surface area contributed by atoms with Gasteiger partial charge in [-0.25, -0.2) is 0 Å². The van der Waals surface area contributed by atoms with Crippen LogP contribution in [0.1, 0.15) is 18.3 Å². The number of carbonyl (C=O) groups excluding carboxylic acids is 1. The summed E-state index contributed by atoms with van der Waals surface area (Å²) in [5.74, 6) is 1.33. The van der Waals surface area contributed by atoms with E-state index in [1.165, 1.54) is 36.0 Å². The number of nitro groups is 1. The number of nitrogens with one attached hydrogen (secondary N) is 1. The molecule has 0 aliphatic rings. The lowest BCUT2D eigenvalue weighted by Gasteiger charge is -2.09. The molecule has 10 heteroatoms. The molecule has 0 radical (unpaired) electrons. The first kappa shape index (κ1) is 21.3. The predicted octanol–water partition coefficient (Wildman–Crippen LogP) is 3.82. The molecule has 9 nitrogen and oxygen atoms in total. The fraction of sp³-hybridized carbons (Fsp3) is 0.250. The molecule has 1 amide bonds. The van der Waals surface area contributed by atoms with Crippen LogP contribution >= 0.6 is 11.8 Å². The number of aromatic nitrogens is 3. The van der Waals surface area contributed by atoms with Crippen molar-refractivity contribution in [3.8, 4) is 5.75 Å². The molecule has 0 saturated carbocycles. The molecule has 3 aromatic rings. The van der Waals surface area contributed by atoms with Gasteiger partial charge in [0.15, 0.2) is 11.0 Å². The minimum Gasteiger partial charge on any atom is -0.486 e. The van der Waals surface area contributed by atoms with E-state index < -0.39 is 4.92 Å². The third-order valence-electron chi connectivity index (χ3n) is 4.16. The molecule has 156 valence electrons. The zero-order chi connectivity index (χ0) is 21.5. The summed E-state index contributed by atoms with van der Waals surface area (Å²) in [6.07, 6.45) is 0. The number of rotatable bonds is 9. The van der Waals surface area contributed by atoms with Gasteiger partial charge in [0.1, 0.15) is 12.4 Å². The summed E-state index contributed by atoms with van der Waals surface area (Å²) in [5.41, 5.74) is 1.58. The molecule has 0 aliphatic heterocycles. The van der Waals surface area contributed by atoms with Gasteiger partial charge >= 0.3 is 0 Å². The smallest absolute Gasteiger partial charge is 0.269 e. The van der Waals surface area contributed by atoms with Gasteiger partial charge in [0.05, 0.1) is 10.7 Å². The molecular formula is C20H21N5O4S. The SMILES string of the molecule is CCn1c(COc2cccc(C)c2)nnc1SCC(=O)Nc1ccc([N+](=O)[O-])cc1. The van der Waals surface area contributed by atoms with Crippen LogP contribution in [0.5, 0.6) is 5.75 Å². The zero-order valence-corrected chi connectivity index (χ0v) is 17.4. The Kier molecular flexibility index (Phi) is 7.02. The number of anilines is 1. The van der Waals surface area contributed by atoms with Crippen LogP contribution in [0.4, 0.5) is 11.4 Å². The largest absolute Gasteiger partial charge is 0.486 e. The van der Waals surface area contributed by atoms with Crippen LogP contribution in [0.25, 0.3) is 0 Å². The van der Waals surface area contributed by atoms with E-state index in [0.29, 0.717) is 23.2 Å². The fourth-order valence-corrected chi connectivity index (χ4v) is 3.52. The summed E-state index contributed by atoms with van der Waals surface area (Å²) in [7, 11) is 0. The molecule has 0 spiro atoms. The minimum atomic E-state index is -0.487. The number of amides is 1. The Balaban J connectivity index is 1.56. The number of aryl methyl sites for hydroxylation is 1. The van der Waals surface area contributed by atoms with Crippen molar-refractivity contribution in [3.63, 3.8) is 0 Å². The van der Waals surface area contributed by atoms with E-state index in [9.17, 15) is 14.9 Å². The zero-order valence-electron chi connectivity index (χ0n) is 16.6. The lowest BCUT2D eigenvalue weighted by Crippen LogP contribution is -2.15. The van der Waals surface area contributed by atoms with Crippen molar-refractivity contribution in [2.24, 2.45) is 0 Å². The molecule has 0 fully saturated rings. The van der Waals surface area contributed by atoms with Gasteiger partial charge in [0, 0.05) is 24.4 Å². The van der Waals surface area contributed by atoms with Crippen LogP contribution in [-0.4, -0.2) is 31.3 Å². The molecule has 1 heterocycles. The average molecular weight is 427 g/mol. The lowest BCUT2D eigenvalue weighted by molar-refractivity contribution is -0.384. The van der Waals surface area contributed by atoms with Crippen LogP contribution in [0.2, 0.25) is 0 Å². The Morgan fingerprint density at radius 2 is 2.00 bits per heavy atom. The fourth-order valence-electron chi connectivity index (χ4n) is 2.70. The third kappa shape index (κ3) is 5.57. The number of hydrogen-bond acceptors (Lipinski definition) is 7. The monoisotopic (exact) mass is 427 g/mol. The molecule has 3 rings (SSSR count). The molecule has 0 aliphatic carbocycles. The Labute approximate surface area is 177 Å². The van der Waals surface area contributed by atoms with Gasteiger partial charge in [-0.2, -0.15) is 0 Å². The quantitative estimate of drug-likeness (QED) is 0.314. The second-order valence-electron chi connectivity index (χ2n) is 6.39. The highest BCUT2D eigenvalue weighted by Gasteiger charge is 2.14. The van der Waals surface area contributed by atoms with Gasteiger partial charge in [0.2, 0.25) is 5.91 Å². The molecule has 0 bridgehead atoms. The predicted molar refractivity (Wildman–Crippen MR) is 114 cm³/mol. The normalized spacial score (nSPS) is 10.6. The average Bonchev–Trinajstić information content (AvgIpc) is 3.13. The summed E-state index contributed by atoms with van der Waals surface area (Å²) in [4.78, 5) is 22.4. The van der Waals surface area contributed by atoms with Gasteiger partial charge in [-0.3, -0.25) is 14.9 Å². The molecule has 0 unspecified atom stereocenters. The van der Waals surface area contributed by atoms with Crippen LogP contribution in [0, 0.1) is 17.0 Å². The van der Waals surface area contributed by atoms with E-state index >= 15 is 0 Å². The number of non-ortho nitro benzene ring substituents is 1. The molecule has 1 N–H and O–H groups in total. The summed E-state index contributed by atoms with van der Waals surface area (Å²) in [6.45, 7) is 4.89. The highest BCUT2D eigenvalue weighted by molar-refractivity contribution is 7.99. The standard InChI is InChI=1S/C20H21N5O4S/c1-3-24-18(12-29-17-6-4-5-14(2)11-17)22-23-20(24)30-13-19(26)21-15-7-9-16(10-8-15)25(27)28/h4-11H,3,12-13H2,1-2H3,(H,21,26). The van der Waals surface area contributed by atoms with Gasteiger partial charge in [0.25, 0.3) is 5.69 Å². The van der Waals surface area contributed by atoms with Gasteiger partial charge in [-0.05, 0) is 43.7 Å². The number of benzene rings is 2. The van der Waals surface area contributed by atoms with Crippen molar-refractivity contribution in [2.75, 3.05) is 11.1 Å². The van der Waals surface area contributed by atoms with Crippen LogP contribution < -0.4 is 10.1 Å². The van der Waals surface area contributed by atoms with E-state index in [2.05, 4.69) is 15.5 Å². The Morgan fingerprint density at radius 3 is 2.67 bits per heavy atom. The number of nitro benzene ring substituents is 1. The highest BCUT2D eigenvalue weighted by Crippen LogP contribution is 2.20. The number of ether oxygens (including phenoxy) is 1. The summed E-state index contributed by atoms with van der Waals surface area (Å²) < 4.78 is 7.70. The first-order valence-electron chi connectivity index (χ1n) is 9.25. The summed E-state index contributed by atoms with van der Waals surface area (Å²) in [5, 5.41) is 22.4.